The van der Waals surface area contributed by atoms with Crippen LogP contribution in [0.5, 0.6) is 5.75 Å². The third-order valence-corrected chi connectivity index (χ3v) is 3.70. The second-order valence-corrected chi connectivity index (χ2v) is 5.72. The SMILES string of the molecule is NCC(Cc1ccc(O)cc1)Cc1cccc(Br)c1. The molecule has 0 saturated heterocycles. The molecule has 1 atom stereocenters. The first-order valence-corrected chi connectivity index (χ1v) is 7.19. The Morgan fingerprint density at radius 2 is 1.68 bits per heavy atom. The summed E-state index contributed by atoms with van der Waals surface area (Å²) in [5, 5.41) is 9.28. The van der Waals surface area contributed by atoms with Gasteiger partial charge in [-0.1, -0.05) is 40.2 Å². The number of halogens is 1. The molecule has 2 rings (SSSR count). The number of hydrogen-bond donors (Lipinski definition) is 2. The molecule has 0 saturated carbocycles. The van der Waals surface area contributed by atoms with Crippen LogP contribution >= 0.6 is 15.9 Å². The van der Waals surface area contributed by atoms with Gasteiger partial charge in [0.1, 0.15) is 5.75 Å². The fourth-order valence-electron chi connectivity index (χ4n) is 2.20. The molecule has 0 radical (unpaired) electrons. The van der Waals surface area contributed by atoms with E-state index in [0.29, 0.717) is 18.2 Å². The first-order chi connectivity index (χ1) is 9.17. The van der Waals surface area contributed by atoms with Gasteiger partial charge in [0, 0.05) is 4.47 Å². The Morgan fingerprint density at radius 1 is 1.00 bits per heavy atom. The normalized spacial score (nSPS) is 12.3. The standard InChI is InChI=1S/C16H18BrNO/c17-15-3-1-2-13(10-15)9-14(11-18)8-12-4-6-16(19)7-5-12/h1-7,10,14,19H,8-9,11,18H2. The molecule has 0 aliphatic rings. The Balaban J connectivity index is 2.02. The number of nitrogens with two attached hydrogens (primary N) is 1. The predicted molar refractivity (Wildman–Crippen MR) is 82.2 cm³/mol. The van der Waals surface area contributed by atoms with Gasteiger partial charge in [-0.3, -0.25) is 0 Å². The molecule has 1 unspecified atom stereocenters. The largest absolute Gasteiger partial charge is 0.508 e. The third-order valence-electron chi connectivity index (χ3n) is 3.21. The molecule has 0 aromatic heterocycles. The summed E-state index contributed by atoms with van der Waals surface area (Å²) in [7, 11) is 0. The highest BCUT2D eigenvalue weighted by atomic mass is 79.9. The molecule has 2 nitrogen and oxygen atoms in total. The molecule has 0 amide bonds. The maximum Gasteiger partial charge on any atom is 0.115 e. The molecule has 0 bridgehead atoms. The van der Waals surface area contributed by atoms with E-state index in [1.807, 2.05) is 24.3 Å². The number of phenols is 1. The smallest absolute Gasteiger partial charge is 0.115 e. The summed E-state index contributed by atoms with van der Waals surface area (Å²) >= 11 is 3.49. The Hall–Kier alpha value is -1.32. The predicted octanol–water partition coefficient (Wildman–Crippen LogP) is 3.51. The lowest BCUT2D eigenvalue weighted by atomic mass is 9.93. The number of benzene rings is 2. The van der Waals surface area contributed by atoms with Crippen LogP contribution in [-0.4, -0.2) is 11.7 Å². The van der Waals surface area contributed by atoms with Gasteiger partial charge in [0.15, 0.2) is 0 Å². The van der Waals surface area contributed by atoms with Crippen LogP contribution in [0.15, 0.2) is 53.0 Å². The van der Waals surface area contributed by atoms with Crippen molar-refractivity contribution in [2.75, 3.05) is 6.54 Å². The average Bonchev–Trinajstić information content (AvgIpc) is 2.40. The van der Waals surface area contributed by atoms with Gasteiger partial charge in [-0.05, 0) is 60.7 Å². The lowest BCUT2D eigenvalue weighted by molar-refractivity contribution is 0.474. The van der Waals surface area contributed by atoms with Gasteiger partial charge in [-0.2, -0.15) is 0 Å². The number of aromatic hydroxyl groups is 1. The Labute approximate surface area is 122 Å². The van der Waals surface area contributed by atoms with E-state index in [2.05, 4.69) is 28.1 Å². The van der Waals surface area contributed by atoms with Crippen molar-refractivity contribution >= 4 is 15.9 Å². The van der Waals surface area contributed by atoms with E-state index in [0.717, 1.165) is 17.3 Å². The molecule has 0 heterocycles. The molecule has 3 N–H and O–H groups in total. The molecule has 2 aromatic rings. The molecule has 19 heavy (non-hydrogen) atoms. The fourth-order valence-corrected chi connectivity index (χ4v) is 2.65. The van der Waals surface area contributed by atoms with E-state index < -0.39 is 0 Å². The minimum atomic E-state index is 0.306. The Kier molecular flexibility index (Phi) is 5.00. The lowest BCUT2D eigenvalue weighted by Crippen LogP contribution is -2.19. The zero-order chi connectivity index (χ0) is 13.7. The lowest BCUT2D eigenvalue weighted by Gasteiger charge is -2.15. The van der Waals surface area contributed by atoms with Crippen LogP contribution < -0.4 is 5.73 Å². The van der Waals surface area contributed by atoms with E-state index in [4.69, 9.17) is 5.73 Å². The summed E-state index contributed by atoms with van der Waals surface area (Å²) < 4.78 is 1.10. The summed E-state index contributed by atoms with van der Waals surface area (Å²) in [5.41, 5.74) is 8.38. The average molecular weight is 320 g/mol. The Bertz CT molecular complexity index is 525. The first-order valence-electron chi connectivity index (χ1n) is 6.40. The minimum Gasteiger partial charge on any atom is -0.508 e. The molecule has 0 fully saturated rings. The van der Waals surface area contributed by atoms with Crippen LogP contribution in [0.3, 0.4) is 0 Å². The van der Waals surface area contributed by atoms with Gasteiger partial charge >= 0.3 is 0 Å². The van der Waals surface area contributed by atoms with E-state index in [1.165, 1.54) is 11.1 Å². The van der Waals surface area contributed by atoms with Gasteiger partial charge in [0.25, 0.3) is 0 Å². The summed E-state index contributed by atoms with van der Waals surface area (Å²) in [5.74, 6) is 0.721. The highest BCUT2D eigenvalue weighted by Crippen LogP contribution is 2.18. The maximum absolute atomic E-state index is 9.28. The van der Waals surface area contributed by atoms with E-state index in [9.17, 15) is 5.11 Å². The quantitative estimate of drug-likeness (QED) is 0.885. The van der Waals surface area contributed by atoms with Crippen molar-refractivity contribution in [3.63, 3.8) is 0 Å². The van der Waals surface area contributed by atoms with Crippen molar-refractivity contribution in [1.82, 2.24) is 0 Å². The van der Waals surface area contributed by atoms with Crippen LogP contribution in [0.2, 0.25) is 0 Å². The van der Waals surface area contributed by atoms with E-state index in [-0.39, 0.29) is 0 Å². The number of hydrogen-bond acceptors (Lipinski definition) is 2. The van der Waals surface area contributed by atoms with Crippen LogP contribution in [0.4, 0.5) is 0 Å². The van der Waals surface area contributed by atoms with E-state index >= 15 is 0 Å². The molecule has 100 valence electrons. The van der Waals surface area contributed by atoms with Crippen molar-refractivity contribution in [1.29, 1.82) is 0 Å². The van der Waals surface area contributed by atoms with Crippen molar-refractivity contribution in [3.05, 3.63) is 64.1 Å². The highest BCUT2D eigenvalue weighted by molar-refractivity contribution is 9.10. The summed E-state index contributed by atoms with van der Waals surface area (Å²) in [4.78, 5) is 0. The van der Waals surface area contributed by atoms with Gasteiger partial charge in [0.05, 0.1) is 0 Å². The topological polar surface area (TPSA) is 46.2 Å². The fraction of sp³-hybridized carbons (Fsp3) is 0.250. The molecular formula is C16H18BrNO. The van der Waals surface area contributed by atoms with Gasteiger partial charge < -0.3 is 10.8 Å². The molecular weight excluding hydrogens is 302 g/mol. The zero-order valence-corrected chi connectivity index (χ0v) is 12.3. The second-order valence-electron chi connectivity index (χ2n) is 4.81. The van der Waals surface area contributed by atoms with Gasteiger partial charge in [0.2, 0.25) is 0 Å². The minimum absolute atomic E-state index is 0.306. The molecule has 0 aliphatic heterocycles. The maximum atomic E-state index is 9.28. The number of phenolic OH excluding ortho intramolecular Hbond substituents is 1. The summed E-state index contributed by atoms with van der Waals surface area (Å²) in [6.07, 6.45) is 1.90. The molecule has 0 spiro atoms. The van der Waals surface area contributed by atoms with Crippen molar-refractivity contribution in [3.8, 4) is 5.75 Å². The third kappa shape index (κ3) is 4.37. The van der Waals surface area contributed by atoms with Crippen molar-refractivity contribution < 1.29 is 5.11 Å². The van der Waals surface area contributed by atoms with Crippen LogP contribution in [0, 0.1) is 5.92 Å². The van der Waals surface area contributed by atoms with Gasteiger partial charge in [-0.25, -0.2) is 0 Å². The summed E-state index contributed by atoms with van der Waals surface area (Å²) in [6, 6.07) is 15.7. The summed E-state index contributed by atoms with van der Waals surface area (Å²) in [6.45, 7) is 0.660. The van der Waals surface area contributed by atoms with Crippen LogP contribution in [-0.2, 0) is 12.8 Å². The van der Waals surface area contributed by atoms with Crippen LogP contribution in [0.1, 0.15) is 11.1 Å². The molecule has 3 heteroatoms. The van der Waals surface area contributed by atoms with Gasteiger partial charge in [-0.15, -0.1) is 0 Å². The first kappa shape index (κ1) is 14.1. The van der Waals surface area contributed by atoms with Crippen molar-refractivity contribution in [2.24, 2.45) is 11.7 Å². The van der Waals surface area contributed by atoms with Crippen LogP contribution in [0.25, 0.3) is 0 Å². The molecule has 2 aromatic carbocycles. The van der Waals surface area contributed by atoms with Crippen molar-refractivity contribution in [2.45, 2.75) is 12.8 Å². The number of rotatable bonds is 5. The monoisotopic (exact) mass is 319 g/mol. The zero-order valence-electron chi connectivity index (χ0n) is 10.7. The molecule has 0 aliphatic carbocycles. The highest BCUT2D eigenvalue weighted by Gasteiger charge is 2.09. The van der Waals surface area contributed by atoms with E-state index in [1.54, 1.807) is 12.1 Å². The Morgan fingerprint density at radius 3 is 2.32 bits per heavy atom. The second kappa shape index (κ2) is 6.73.